The number of hydrogen-bond acceptors (Lipinski definition) is 4. The molecular weight excluding hydrogens is 212 g/mol. The maximum absolute atomic E-state index is 11.2. The van der Waals surface area contributed by atoms with Crippen LogP contribution >= 0.6 is 0 Å². The maximum atomic E-state index is 11.2. The van der Waals surface area contributed by atoms with Gasteiger partial charge in [-0.05, 0) is 13.3 Å². The molecule has 0 aliphatic rings. The topological polar surface area (TPSA) is 108 Å². The molecular formula is C9H14N4O3. The van der Waals surface area contributed by atoms with Gasteiger partial charge in [-0.1, -0.05) is 0 Å². The van der Waals surface area contributed by atoms with Gasteiger partial charge in [-0.15, -0.1) is 0 Å². The molecule has 0 fully saturated rings. The van der Waals surface area contributed by atoms with Gasteiger partial charge in [0.05, 0.1) is 6.54 Å². The molecule has 0 saturated carbocycles. The van der Waals surface area contributed by atoms with E-state index in [1.807, 2.05) is 0 Å². The number of H-pyrrole nitrogens is 1. The molecule has 1 amide bonds. The van der Waals surface area contributed by atoms with E-state index in [4.69, 9.17) is 5.11 Å². The smallest absolute Gasteiger partial charge is 0.303 e. The summed E-state index contributed by atoms with van der Waals surface area (Å²) in [5.41, 5.74) is 0. The summed E-state index contributed by atoms with van der Waals surface area (Å²) in [5.74, 6) is 0.125. The fraction of sp³-hybridized carbons (Fsp3) is 0.556. The molecule has 0 radical (unpaired) electrons. The SMILES string of the molecule is Cc1nc(CNC(=O)CCCC(=O)O)n[nH]1. The Morgan fingerprint density at radius 1 is 1.44 bits per heavy atom. The number of aromatic amines is 1. The van der Waals surface area contributed by atoms with Crippen molar-refractivity contribution in [2.45, 2.75) is 32.7 Å². The highest BCUT2D eigenvalue weighted by Crippen LogP contribution is 1.96. The molecule has 1 heterocycles. The average molecular weight is 226 g/mol. The van der Waals surface area contributed by atoms with E-state index in [0.717, 1.165) is 0 Å². The number of carboxylic acid groups (broad SMARTS) is 1. The van der Waals surface area contributed by atoms with Gasteiger partial charge < -0.3 is 10.4 Å². The molecule has 1 rings (SSSR count). The molecule has 1 aromatic rings. The van der Waals surface area contributed by atoms with E-state index in [1.165, 1.54) is 0 Å². The third kappa shape index (κ3) is 4.54. The highest BCUT2D eigenvalue weighted by Gasteiger charge is 2.05. The zero-order valence-electron chi connectivity index (χ0n) is 8.99. The number of aliphatic carboxylic acids is 1. The molecule has 3 N–H and O–H groups in total. The number of carbonyl (C=O) groups is 2. The van der Waals surface area contributed by atoms with E-state index in [-0.39, 0.29) is 25.3 Å². The summed E-state index contributed by atoms with van der Waals surface area (Å²) < 4.78 is 0. The first kappa shape index (κ1) is 12.2. The highest BCUT2D eigenvalue weighted by molar-refractivity contribution is 5.76. The summed E-state index contributed by atoms with van der Waals surface area (Å²) >= 11 is 0. The zero-order chi connectivity index (χ0) is 12.0. The van der Waals surface area contributed by atoms with Crippen molar-refractivity contribution < 1.29 is 14.7 Å². The van der Waals surface area contributed by atoms with E-state index in [2.05, 4.69) is 20.5 Å². The Kier molecular flexibility index (Phi) is 4.43. The Hall–Kier alpha value is -1.92. The van der Waals surface area contributed by atoms with Gasteiger partial charge in [-0.3, -0.25) is 14.7 Å². The average Bonchev–Trinajstić information content (AvgIpc) is 2.61. The summed E-state index contributed by atoms with van der Waals surface area (Å²) in [4.78, 5) is 25.5. The van der Waals surface area contributed by atoms with Crippen LogP contribution in [0.25, 0.3) is 0 Å². The second-order valence-corrected chi connectivity index (χ2v) is 3.36. The number of hydrogen-bond donors (Lipinski definition) is 3. The van der Waals surface area contributed by atoms with Crippen LogP contribution in [0.1, 0.15) is 30.9 Å². The van der Waals surface area contributed by atoms with Gasteiger partial charge in [0.2, 0.25) is 5.91 Å². The van der Waals surface area contributed by atoms with Gasteiger partial charge in [-0.25, -0.2) is 4.98 Å². The minimum atomic E-state index is -0.891. The summed E-state index contributed by atoms with van der Waals surface area (Å²) in [6, 6.07) is 0. The lowest BCUT2D eigenvalue weighted by molar-refractivity contribution is -0.137. The third-order valence-corrected chi connectivity index (χ3v) is 1.88. The lowest BCUT2D eigenvalue weighted by atomic mass is 10.2. The maximum Gasteiger partial charge on any atom is 0.303 e. The van der Waals surface area contributed by atoms with Crippen molar-refractivity contribution >= 4 is 11.9 Å². The molecule has 0 unspecified atom stereocenters. The molecule has 0 aromatic carbocycles. The number of aromatic nitrogens is 3. The Morgan fingerprint density at radius 3 is 2.75 bits per heavy atom. The van der Waals surface area contributed by atoms with Gasteiger partial charge in [0, 0.05) is 12.8 Å². The Labute approximate surface area is 92.3 Å². The van der Waals surface area contributed by atoms with Crippen LogP contribution in [-0.2, 0) is 16.1 Å². The Bertz CT molecular complexity index is 375. The molecule has 0 aliphatic heterocycles. The Morgan fingerprint density at radius 2 is 2.19 bits per heavy atom. The largest absolute Gasteiger partial charge is 0.481 e. The van der Waals surface area contributed by atoms with E-state index in [1.54, 1.807) is 6.92 Å². The molecule has 7 nitrogen and oxygen atoms in total. The van der Waals surface area contributed by atoms with Crippen LogP contribution in [0, 0.1) is 6.92 Å². The molecule has 1 aromatic heterocycles. The van der Waals surface area contributed by atoms with Crippen LogP contribution in [0.2, 0.25) is 0 Å². The molecule has 7 heteroatoms. The number of nitrogens with zero attached hydrogens (tertiary/aromatic N) is 2. The summed E-state index contributed by atoms with van der Waals surface area (Å²) in [6.07, 6.45) is 0.553. The quantitative estimate of drug-likeness (QED) is 0.632. The standard InChI is InChI=1S/C9H14N4O3/c1-6-11-7(13-12-6)5-10-8(14)3-2-4-9(15)16/h2-5H2,1H3,(H,10,14)(H,15,16)(H,11,12,13). The number of carbonyl (C=O) groups excluding carboxylic acids is 1. The first-order chi connectivity index (χ1) is 7.58. The van der Waals surface area contributed by atoms with E-state index < -0.39 is 5.97 Å². The van der Waals surface area contributed by atoms with Gasteiger partial charge >= 0.3 is 5.97 Å². The number of rotatable bonds is 6. The molecule has 0 saturated heterocycles. The summed E-state index contributed by atoms with van der Waals surface area (Å²) in [7, 11) is 0. The van der Waals surface area contributed by atoms with Crippen molar-refractivity contribution in [3.05, 3.63) is 11.6 Å². The predicted molar refractivity (Wildman–Crippen MR) is 54.5 cm³/mol. The lowest BCUT2D eigenvalue weighted by Crippen LogP contribution is -2.23. The molecule has 0 aliphatic carbocycles. The highest BCUT2D eigenvalue weighted by atomic mass is 16.4. The van der Waals surface area contributed by atoms with Crippen LogP contribution in [0.15, 0.2) is 0 Å². The van der Waals surface area contributed by atoms with Crippen molar-refractivity contribution in [2.24, 2.45) is 0 Å². The van der Waals surface area contributed by atoms with Crippen LogP contribution in [0.5, 0.6) is 0 Å². The van der Waals surface area contributed by atoms with Crippen LogP contribution in [0.3, 0.4) is 0 Å². The molecule has 0 spiro atoms. The number of amides is 1. The zero-order valence-corrected chi connectivity index (χ0v) is 8.99. The van der Waals surface area contributed by atoms with Crippen molar-refractivity contribution in [2.75, 3.05) is 0 Å². The minimum Gasteiger partial charge on any atom is -0.481 e. The monoisotopic (exact) mass is 226 g/mol. The summed E-state index contributed by atoms with van der Waals surface area (Å²) in [5, 5.41) is 17.5. The van der Waals surface area contributed by atoms with Gasteiger partial charge in [0.25, 0.3) is 0 Å². The minimum absolute atomic E-state index is 0.00713. The molecule has 0 bridgehead atoms. The molecule has 88 valence electrons. The van der Waals surface area contributed by atoms with Gasteiger partial charge in [-0.2, -0.15) is 5.10 Å². The van der Waals surface area contributed by atoms with Crippen molar-refractivity contribution in [1.29, 1.82) is 0 Å². The van der Waals surface area contributed by atoms with Crippen LogP contribution in [0.4, 0.5) is 0 Å². The van der Waals surface area contributed by atoms with E-state index in [9.17, 15) is 9.59 Å². The normalized spacial score (nSPS) is 10.1. The second kappa shape index (κ2) is 5.84. The first-order valence-corrected chi connectivity index (χ1v) is 4.94. The lowest BCUT2D eigenvalue weighted by Gasteiger charge is -2.00. The van der Waals surface area contributed by atoms with Gasteiger partial charge in [0.15, 0.2) is 5.82 Å². The fourth-order valence-corrected chi connectivity index (χ4v) is 1.13. The van der Waals surface area contributed by atoms with E-state index in [0.29, 0.717) is 18.1 Å². The van der Waals surface area contributed by atoms with Crippen LogP contribution in [-0.4, -0.2) is 32.2 Å². The van der Waals surface area contributed by atoms with E-state index >= 15 is 0 Å². The van der Waals surface area contributed by atoms with Gasteiger partial charge in [0.1, 0.15) is 5.82 Å². The second-order valence-electron chi connectivity index (χ2n) is 3.36. The van der Waals surface area contributed by atoms with Crippen molar-refractivity contribution in [1.82, 2.24) is 20.5 Å². The third-order valence-electron chi connectivity index (χ3n) is 1.88. The molecule has 0 atom stereocenters. The van der Waals surface area contributed by atoms with Crippen LogP contribution < -0.4 is 5.32 Å². The number of aryl methyl sites for hydroxylation is 1. The predicted octanol–water partition coefficient (Wildman–Crippen LogP) is -0.0158. The summed E-state index contributed by atoms with van der Waals surface area (Å²) in [6.45, 7) is 2.03. The Balaban J connectivity index is 2.17. The number of nitrogens with one attached hydrogen (secondary N) is 2. The fourth-order valence-electron chi connectivity index (χ4n) is 1.13. The first-order valence-electron chi connectivity index (χ1n) is 4.94. The van der Waals surface area contributed by atoms with Crippen molar-refractivity contribution in [3.8, 4) is 0 Å². The number of carboxylic acids is 1. The molecule has 16 heavy (non-hydrogen) atoms. The van der Waals surface area contributed by atoms with Crippen molar-refractivity contribution in [3.63, 3.8) is 0 Å².